The van der Waals surface area contributed by atoms with Gasteiger partial charge in [-0.2, -0.15) is 0 Å². The molecule has 0 saturated heterocycles. The predicted molar refractivity (Wildman–Crippen MR) is 54.1 cm³/mol. The first-order valence-electron chi connectivity index (χ1n) is 4.43. The van der Waals surface area contributed by atoms with Crippen LogP contribution in [0.1, 0.15) is 39.0 Å². The second-order valence-electron chi connectivity index (χ2n) is 3.86. The second kappa shape index (κ2) is 3.75. The zero-order valence-electron chi connectivity index (χ0n) is 7.33. The molecule has 1 fully saturated rings. The lowest BCUT2D eigenvalue weighted by Gasteiger charge is -2.34. The summed E-state index contributed by atoms with van der Waals surface area (Å²) in [5, 5.41) is 0.976. The Kier molecular flexibility index (Phi) is 3.17. The molecule has 0 radical (unpaired) electrons. The molecule has 0 atom stereocenters. The monoisotopic (exact) mass is 216 g/mol. The summed E-state index contributed by atoms with van der Waals surface area (Å²) in [5.74, 6) is 0. The molecule has 0 N–H and O–H groups in total. The molecular weight excluding hydrogens is 200 g/mol. The van der Waals surface area contributed by atoms with Crippen molar-refractivity contribution >= 4 is 15.9 Å². The molecule has 1 heteroatoms. The molecule has 0 bridgehead atoms. The van der Waals surface area contributed by atoms with Crippen molar-refractivity contribution in [2.45, 2.75) is 39.0 Å². The van der Waals surface area contributed by atoms with Gasteiger partial charge in [-0.1, -0.05) is 54.3 Å². The highest BCUT2D eigenvalue weighted by atomic mass is 79.9. The Bertz CT molecular complexity index is 143. The average Bonchev–Trinajstić information content (AvgIpc) is 2.04. The zero-order valence-corrected chi connectivity index (χ0v) is 8.91. The van der Waals surface area contributed by atoms with E-state index in [2.05, 4.69) is 29.4 Å². The van der Waals surface area contributed by atoms with E-state index in [1.54, 1.807) is 0 Å². The second-order valence-corrected chi connectivity index (χ2v) is 4.42. The number of halogens is 1. The molecule has 0 unspecified atom stereocenters. The van der Waals surface area contributed by atoms with Crippen LogP contribution in [0.15, 0.2) is 12.2 Å². The van der Waals surface area contributed by atoms with Crippen LogP contribution in [-0.2, 0) is 0 Å². The van der Waals surface area contributed by atoms with Crippen molar-refractivity contribution in [2.24, 2.45) is 5.41 Å². The van der Waals surface area contributed by atoms with Crippen LogP contribution < -0.4 is 0 Å². The van der Waals surface area contributed by atoms with Crippen LogP contribution in [0.5, 0.6) is 0 Å². The number of hydrogen-bond donors (Lipinski definition) is 0. The molecule has 1 aliphatic carbocycles. The summed E-state index contributed by atoms with van der Waals surface area (Å²) in [6, 6.07) is 0. The lowest BCUT2D eigenvalue weighted by atomic mass is 9.72. The van der Waals surface area contributed by atoms with Crippen molar-refractivity contribution in [3.63, 3.8) is 0 Å². The van der Waals surface area contributed by atoms with E-state index >= 15 is 0 Å². The number of allylic oxidation sites excluding steroid dienone is 1. The molecule has 0 aromatic rings. The molecular formula is C10H17Br. The highest BCUT2D eigenvalue weighted by Crippen LogP contribution is 2.41. The minimum atomic E-state index is 0.446. The van der Waals surface area contributed by atoms with Crippen molar-refractivity contribution in [3.8, 4) is 0 Å². The van der Waals surface area contributed by atoms with Gasteiger partial charge in [0, 0.05) is 5.33 Å². The Morgan fingerprint density at radius 1 is 1.36 bits per heavy atom. The quantitative estimate of drug-likeness (QED) is 0.486. The average molecular weight is 217 g/mol. The van der Waals surface area contributed by atoms with Crippen LogP contribution in [0.4, 0.5) is 0 Å². The highest BCUT2D eigenvalue weighted by Gasteiger charge is 2.28. The summed E-state index contributed by atoms with van der Waals surface area (Å²) in [4.78, 5) is 0. The summed E-state index contributed by atoms with van der Waals surface area (Å²) >= 11 is 3.49. The lowest BCUT2D eigenvalue weighted by Crippen LogP contribution is -2.22. The van der Waals surface area contributed by atoms with Crippen LogP contribution in [0.3, 0.4) is 0 Å². The van der Waals surface area contributed by atoms with Crippen LogP contribution in [0.2, 0.25) is 0 Å². The standard InChI is InChI=1S/C10H17Br/c1-9(8-11)10(2)6-4-3-5-7-10/h1,3-8H2,2H3. The fourth-order valence-electron chi connectivity index (χ4n) is 1.85. The van der Waals surface area contributed by atoms with Gasteiger partial charge in [0.1, 0.15) is 0 Å². The molecule has 0 spiro atoms. The molecule has 0 nitrogen and oxygen atoms in total. The Morgan fingerprint density at radius 3 is 2.36 bits per heavy atom. The van der Waals surface area contributed by atoms with Crippen molar-refractivity contribution in [1.29, 1.82) is 0 Å². The van der Waals surface area contributed by atoms with E-state index in [0.717, 1.165) is 5.33 Å². The van der Waals surface area contributed by atoms with Crippen LogP contribution in [-0.4, -0.2) is 5.33 Å². The van der Waals surface area contributed by atoms with Gasteiger partial charge in [0.2, 0.25) is 0 Å². The molecule has 1 saturated carbocycles. The Balaban J connectivity index is 2.56. The molecule has 0 aromatic carbocycles. The van der Waals surface area contributed by atoms with Crippen LogP contribution >= 0.6 is 15.9 Å². The molecule has 64 valence electrons. The van der Waals surface area contributed by atoms with E-state index in [0.29, 0.717) is 5.41 Å². The maximum absolute atomic E-state index is 4.12. The van der Waals surface area contributed by atoms with E-state index < -0.39 is 0 Å². The maximum atomic E-state index is 4.12. The molecule has 0 amide bonds. The summed E-state index contributed by atoms with van der Waals surface area (Å²) in [7, 11) is 0. The minimum absolute atomic E-state index is 0.446. The smallest absolute Gasteiger partial charge is 0.0244 e. The van der Waals surface area contributed by atoms with Crippen molar-refractivity contribution in [2.75, 3.05) is 5.33 Å². The lowest BCUT2D eigenvalue weighted by molar-refractivity contribution is 0.269. The van der Waals surface area contributed by atoms with Crippen molar-refractivity contribution < 1.29 is 0 Å². The Morgan fingerprint density at radius 2 is 1.91 bits per heavy atom. The van der Waals surface area contributed by atoms with Gasteiger partial charge in [-0.05, 0) is 18.3 Å². The van der Waals surface area contributed by atoms with Gasteiger partial charge >= 0.3 is 0 Å². The number of rotatable bonds is 2. The Hall–Kier alpha value is 0.220. The normalized spacial score (nSPS) is 23.1. The first-order chi connectivity index (χ1) is 5.19. The SMILES string of the molecule is C=C(CBr)C1(C)CCCCC1. The zero-order chi connectivity index (χ0) is 8.32. The third-order valence-electron chi connectivity index (χ3n) is 2.97. The Labute approximate surface area is 78.2 Å². The maximum Gasteiger partial charge on any atom is 0.0244 e. The fourth-order valence-corrected chi connectivity index (χ4v) is 2.52. The summed E-state index contributed by atoms with van der Waals surface area (Å²) < 4.78 is 0. The highest BCUT2D eigenvalue weighted by molar-refractivity contribution is 9.09. The summed E-state index contributed by atoms with van der Waals surface area (Å²) in [6.07, 6.45) is 6.89. The van der Waals surface area contributed by atoms with Crippen LogP contribution in [0.25, 0.3) is 0 Å². The van der Waals surface area contributed by atoms with Crippen LogP contribution in [0, 0.1) is 5.41 Å². The van der Waals surface area contributed by atoms with Gasteiger partial charge in [-0.15, -0.1) is 0 Å². The third kappa shape index (κ3) is 2.08. The molecule has 1 rings (SSSR count). The molecule has 0 aromatic heterocycles. The number of hydrogen-bond acceptors (Lipinski definition) is 0. The van der Waals surface area contributed by atoms with Gasteiger partial charge in [0.05, 0.1) is 0 Å². The van der Waals surface area contributed by atoms with Crippen molar-refractivity contribution in [1.82, 2.24) is 0 Å². The van der Waals surface area contributed by atoms with Gasteiger partial charge < -0.3 is 0 Å². The van der Waals surface area contributed by atoms with Gasteiger partial charge in [-0.25, -0.2) is 0 Å². The molecule has 11 heavy (non-hydrogen) atoms. The molecule has 0 heterocycles. The molecule has 1 aliphatic rings. The third-order valence-corrected chi connectivity index (χ3v) is 3.65. The fraction of sp³-hybridized carbons (Fsp3) is 0.800. The summed E-state index contributed by atoms with van der Waals surface area (Å²) in [5.41, 5.74) is 1.83. The largest absolute Gasteiger partial charge is 0.0985 e. The van der Waals surface area contributed by atoms with E-state index in [9.17, 15) is 0 Å². The molecule has 0 aliphatic heterocycles. The van der Waals surface area contributed by atoms with Crippen molar-refractivity contribution in [3.05, 3.63) is 12.2 Å². The van der Waals surface area contributed by atoms with E-state index in [1.165, 1.54) is 37.7 Å². The van der Waals surface area contributed by atoms with Gasteiger partial charge in [-0.3, -0.25) is 0 Å². The van der Waals surface area contributed by atoms with Gasteiger partial charge in [0.15, 0.2) is 0 Å². The van der Waals surface area contributed by atoms with E-state index in [-0.39, 0.29) is 0 Å². The van der Waals surface area contributed by atoms with E-state index in [4.69, 9.17) is 0 Å². The minimum Gasteiger partial charge on any atom is -0.0985 e. The number of alkyl halides is 1. The van der Waals surface area contributed by atoms with E-state index in [1.807, 2.05) is 0 Å². The topological polar surface area (TPSA) is 0 Å². The predicted octanol–water partition coefficient (Wildman–Crippen LogP) is 3.91. The van der Waals surface area contributed by atoms with Gasteiger partial charge in [0.25, 0.3) is 0 Å². The first-order valence-corrected chi connectivity index (χ1v) is 5.55. The summed E-state index contributed by atoms with van der Waals surface area (Å²) in [6.45, 7) is 6.48. The first kappa shape index (κ1) is 9.31.